The second-order valence-corrected chi connectivity index (χ2v) is 9.47. The van der Waals surface area contributed by atoms with E-state index in [9.17, 15) is 8.42 Å². The van der Waals surface area contributed by atoms with Crippen LogP contribution < -0.4 is 4.72 Å². The van der Waals surface area contributed by atoms with Gasteiger partial charge in [-0.25, -0.2) is 13.4 Å². The molecule has 0 unspecified atom stereocenters. The third-order valence-electron chi connectivity index (χ3n) is 5.57. The quantitative estimate of drug-likeness (QED) is 0.488. The molecule has 7 nitrogen and oxygen atoms in total. The minimum atomic E-state index is -3.64. The lowest BCUT2D eigenvalue weighted by atomic mass is 10.1. The van der Waals surface area contributed by atoms with E-state index in [1.54, 1.807) is 36.4 Å². The Kier molecular flexibility index (Phi) is 5.65. The van der Waals surface area contributed by atoms with Crippen molar-refractivity contribution in [2.45, 2.75) is 11.4 Å². The predicted octanol–water partition coefficient (Wildman–Crippen LogP) is 3.63. The van der Waals surface area contributed by atoms with Gasteiger partial charge >= 0.3 is 0 Å². The third kappa shape index (κ3) is 4.38. The molecule has 0 aliphatic carbocycles. The number of pyridine rings is 1. The molecular weight excluding hydrogens is 424 g/mol. The summed E-state index contributed by atoms with van der Waals surface area (Å²) in [6.45, 7) is 4.15. The number of nitrogens with one attached hydrogen (secondary N) is 1. The molecule has 32 heavy (non-hydrogen) atoms. The molecular formula is C24H24N4O3S. The number of sulfonamides is 1. The average Bonchev–Trinajstić information content (AvgIpc) is 3.22. The maximum atomic E-state index is 12.7. The van der Waals surface area contributed by atoms with Gasteiger partial charge in [-0.15, -0.1) is 0 Å². The smallest absolute Gasteiger partial charge is 0.261 e. The highest BCUT2D eigenvalue weighted by Crippen LogP contribution is 2.25. The summed E-state index contributed by atoms with van der Waals surface area (Å²) in [6.07, 6.45) is 3.97. The fraction of sp³-hybridized carbons (Fsp3) is 0.208. The van der Waals surface area contributed by atoms with E-state index in [0.717, 1.165) is 55.3 Å². The highest BCUT2D eigenvalue weighted by atomic mass is 32.2. The number of imidazole rings is 1. The Balaban J connectivity index is 1.42. The van der Waals surface area contributed by atoms with Gasteiger partial charge in [0.05, 0.1) is 30.0 Å². The average molecular weight is 449 g/mol. The van der Waals surface area contributed by atoms with E-state index in [2.05, 4.69) is 25.2 Å². The van der Waals surface area contributed by atoms with Gasteiger partial charge in [0.15, 0.2) is 0 Å². The van der Waals surface area contributed by atoms with Crippen LogP contribution in [0.5, 0.6) is 0 Å². The van der Waals surface area contributed by atoms with E-state index in [0.29, 0.717) is 5.69 Å². The molecule has 1 aliphatic rings. The standard InChI is InChI=1S/C24H24N4O3S/c29-32(30,23-7-2-1-3-8-23)26-21-6-4-5-19(15-21)20-9-10-24-25-16-22(28(24)17-20)18-27-11-13-31-14-12-27/h1-10,15-17,26H,11-14,18H2. The summed E-state index contributed by atoms with van der Waals surface area (Å²) >= 11 is 0. The minimum Gasteiger partial charge on any atom is -0.379 e. The van der Waals surface area contributed by atoms with E-state index in [4.69, 9.17) is 4.74 Å². The zero-order chi connectivity index (χ0) is 22.0. The van der Waals surface area contributed by atoms with Gasteiger partial charge < -0.3 is 9.14 Å². The third-order valence-corrected chi connectivity index (χ3v) is 6.97. The van der Waals surface area contributed by atoms with E-state index in [-0.39, 0.29) is 4.90 Å². The monoisotopic (exact) mass is 448 g/mol. The number of nitrogens with zero attached hydrogens (tertiary/aromatic N) is 3. The van der Waals surface area contributed by atoms with Gasteiger partial charge in [-0.2, -0.15) is 0 Å². The highest BCUT2D eigenvalue weighted by molar-refractivity contribution is 7.92. The predicted molar refractivity (Wildman–Crippen MR) is 124 cm³/mol. The normalized spacial score (nSPS) is 15.1. The van der Waals surface area contributed by atoms with Crippen molar-refractivity contribution in [2.75, 3.05) is 31.0 Å². The zero-order valence-corrected chi connectivity index (χ0v) is 18.3. The van der Waals surface area contributed by atoms with Crippen molar-refractivity contribution >= 4 is 21.4 Å². The van der Waals surface area contributed by atoms with Crippen LogP contribution in [0.2, 0.25) is 0 Å². The van der Waals surface area contributed by atoms with Gasteiger partial charge in [-0.05, 0) is 47.5 Å². The van der Waals surface area contributed by atoms with Crippen LogP contribution in [0.3, 0.4) is 0 Å². The Labute approximate surface area is 187 Å². The first-order valence-electron chi connectivity index (χ1n) is 10.5. The molecule has 0 bridgehead atoms. The van der Waals surface area contributed by atoms with Crippen molar-refractivity contribution in [3.05, 3.63) is 84.8 Å². The lowest BCUT2D eigenvalue weighted by Gasteiger charge is -2.26. The number of anilines is 1. The number of morpholine rings is 1. The van der Waals surface area contributed by atoms with E-state index in [1.165, 1.54) is 0 Å². The molecule has 1 saturated heterocycles. The number of aromatic nitrogens is 2. The molecule has 4 aromatic rings. The Morgan fingerprint density at radius 2 is 1.75 bits per heavy atom. The lowest BCUT2D eigenvalue weighted by Crippen LogP contribution is -2.35. The summed E-state index contributed by atoms with van der Waals surface area (Å²) in [6, 6.07) is 19.8. The Bertz CT molecular complexity index is 1330. The first-order chi connectivity index (χ1) is 15.6. The molecule has 1 N–H and O–H groups in total. The molecule has 164 valence electrons. The number of ether oxygens (including phenoxy) is 1. The number of hydrogen-bond acceptors (Lipinski definition) is 5. The van der Waals surface area contributed by atoms with Crippen LogP contribution >= 0.6 is 0 Å². The lowest BCUT2D eigenvalue weighted by molar-refractivity contribution is 0.0335. The van der Waals surface area contributed by atoms with Crippen molar-refractivity contribution in [1.82, 2.24) is 14.3 Å². The largest absolute Gasteiger partial charge is 0.379 e. The SMILES string of the molecule is O=S(=O)(Nc1cccc(-c2ccc3ncc(CN4CCOCC4)n3c2)c1)c1ccccc1. The van der Waals surface area contributed by atoms with Gasteiger partial charge in [-0.3, -0.25) is 9.62 Å². The summed E-state index contributed by atoms with van der Waals surface area (Å²) < 4.78 is 35.6. The molecule has 3 heterocycles. The van der Waals surface area contributed by atoms with Crippen molar-refractivity contribution in [3.8, 4) is 11.1 Å². The molecule has 1 fully saturated rings. The molecule has 1 aliphatic heterocycles. The maximum Gasteiger partial charge on any atom is 0.261 e. The molecule has 8 heteroatoms. The minimum absolute atomic E-state index is 0.234. The van der Waals surface area contributed by atoms with Crippen LogP contribution in [0.1, 0.15) is 5.69 Å². The van der Waals surface area contributed by atoms with E-state index < -0.39 is 10.0 Å². The number of benzene rings is 2. The molecule has 2 aromatic carbocycles. The second-order valence-electron chi connectivity index (χ2n) is 7.78. The number of fused-ring (bicyclic) bond motifs is 1. The Hall–Kier alpha value is -3.20. The first-order valence-corrected chi connectivity index (χ1v) is 12.0. The van der Waals surface area contributed by atoms with Crippen LogP contribution in [0.4, 0.5) is 5.69 Å². The molecule has 0 spiro atoms. The van der Waals surface area contributed by atoms with Gasteiger partial charge in [0.1, 0.15) is 5.65 Å². The maximum absolute atomic E-state index is 12.7. The topological polar surface area (TPSA) is 75.9 Å². The number of hydrogen-bond donors (Lipinski definition) is 1. The van der Waals surface area contributed by atoms with E-state index in [1.807, 2.05) is 36.5 Å². The van der Waals surface area contributed by atoms with Crippen molar-refractivity contribution in [2.24, 2.45) is 0 Å². The number of rotatable bonds is 6. The van der Waals surface area contributed by atoms with E-state index >= 15 is 0 Å². The summed E-state index contributed by atoms with van der Waals surface area (Å²) in [5.74, 6) is 0. The Morgan fingerprint density at radius 3 is 2.56 bits per heavy atom. The van der Waals surface area contributed by atoms with Crippen molar-refractivity contribution in [1.29, 1.82) is 0 Å². The van der Waals surface area contributed by atoms with Gasteiger partial charge in [0.25, 0.3) is 10.0 Å². The van der Waals surface area contributed by atoms with Crippen LogP contribution in [0.25, 0.3) is 16.8 Å². The van der Waals surface area contributed by atoms with Crippen LogP contribution in [0, 0.1) is 0 Å². The molecule has 0 radical (unpaired) electrons. The summed E-state index contributed by atoms with van der Waals surface area (Å²) in [7, 11) is -3.64. The summed E-state index contributed by atoms with van der Waals surface area (Å²) in [4.78, 5) is 7.13. The summed E-state index contributed by atoms with van der Waals surface area (Å²) in [5.41, 5.74) is 4.43. The van der Waals surface area contributed by atoms with Gasteiger partial charge in [0.2, 0.25) is 0 Å². The fourth-order valence-corrected chi connectivity index (χ4v) is 4.95. The second kappa shape index (κ2) is 8.74. The van der Waals surface area contributed by atoms with Crippen LogP contribution in [-0.4, -0.2) is 49.0 Å². The van der Waals surface area contributed by atoms with Gasteiger partial charge in [0, 0.05) is 31.5 Å². The Morgan fingerprint density at radius 1 is 0.938 bits per heavy atom. The first kappa shape index (κ1) is 20.7. The molecule has 0 amide bonds. The van der Waals surface area contributed by atoms with Gasteiger partial charge in [-0.1, -0.05) is 30.3 Å². The molecule has 0 saturated carbocycles. The highest BCUT2D eigenvalue weighted by Gasteiger charge is 2.15. The van der Waals surface area contributed by atoms with Crippen LogP contribution in [0.15, 0.2) is 84.0 Å². The summed E-state index contributed by atoms with van der Waals surface area (Å²) in [5, 5.41) is 0. The zero-order valence-electron chi connectivity index (χ0n) is 17.5. The van der Waals surface area contributed by atoms with Crippen molar-refractivity contribution < 1.29 is 13.2 Å². The van der Waals surface area contributed by atoms with Crippen LogP contribution in [-0.2, 0) is 21.3 Å². The molecule has 2 aromatic heterocycles. The fourth-order valence-electron chi connectivity index (χ4n) is 3.88. The van der Waals surface area contributed by atoms with Crippen molar-refractivity contribution in [3.63, 3.8) is 0 Å². The molecule has 5 rings (SSSR count). The molecule has 0 atom stereocenters.